The molecular weight excluding hydrogens is 574 g/mol. The molecule has 0 saturated heterocycles. The average molecular weight is 618 g/mol. The molecule has 2 aromatic carbocycles. The number of hydrogen-bond donors (Lipinski definition) is 5. The first-order valence-electron chi connectivity index (χ1n) is 16.0. The molecule has 0 spiro atoms. The second kappa shape index (κ2) is 13.6. The first-order valence-corrected chi connectivity index (χ1v) is 16.0. The predicted octanol–water partition coefficient (Wildman–Crippen LogP) is 3.33. The van der Waals surface area contributed by atoms with Crippen LogP contribution in [0.5, 0.6) is 11.5 Å². The number of aromatic nitrogens is 1. The summed E-state index contributed by atoms with van der Waals surface area (Å²) in [5.41, 5.74) is 3.55. The predicted molar refractivity (Wildman–Crippen MR) is 169 cm³/mol. The summed E-state index contributed by atoms with van der Waals surface area (Å²) < 4.78 is 11.9. The van der Waals surface area contributed by atoms with E-state index in [1.54, 1.807) is 23.1 Å². The van der Waals surface area contributed by atoms with E-state index in [4.69, 9.17) is 9.47 Å². The minimum Gasteiger partial charge on any atom is -0.493 e. The summed E-state index contributed by atoms with van der Waals surface area (Å²) in [6, 6.07) is 12.7. The number of para-hydroxylation sites is 1. The van der Waals surface area contributed by atoms with Crippen LogP contribution in [-0.4, -0.2) is 82.1 Å². The Balaban J connectivity index is 1.35. The van der Waals surface area contributed by atoms with Crippen LogP contribution in [0.2, 0.25) is 0 Å². The van der Waals surface area contributed by atoms with Crippen LogP contribution in [0.15, 0.2) is 54.1 Å². The lowest BCUT2D eigenvalue weighted by Crippen LogP contribution is -2.56. The van der Waals surface area contributed by atoms with Crippen molar-refractivity contribution < 1.29 is 34.4 Å². The molecule has 3 aliphatic rings. The van der Waals surface area contributed by atoms with E-state index in [0.29, 0.717) is 53.5 Å². The number of rotatable bonds is 12. The number of aromatic amines is 1. The molecule has 4 atom stereocenters. The summed E-state index contributed by atoms with van der Waals surface area (Å²) in [4.78, 5) is 32.8. The minimum atomic E-state index is -1.14. The van der Waals surface area contributed by atoms with Crippen molar-refractivity contribution in [3.63, 3.8) is 0 Å². The Morgan fingerprint density at radius 3 is 2.67 bits per heavy atom. The van der Waals surface area contributed by atoms with Gasteiger partial charge in [0, 0.05) is 48.3 Å². The summed E-state index contributed by atoms with van der Waals surface area (Å²) in [6.45, 7) is -0.0781. The van der Waals surface area contributed by atoms with E-state index in [1.165, 1.54) is 20.0 Å². The number of H-pyrrole nitrogens is 1. The molecule has 1 aromatic heterocycles. The highest BCUT2D eigenvalue weighted by atomic mass is 16.5. The quantitative estimate of drug-likeness (QED) is 0.210. The topological polar surface area (TPSA) is 144 Å². The first kappa shape index (κ1) is 31.1. The molecule has 0 unspecified atom stereocenters. The maximum atomic E-state index is 14.0. The zero-order chi connectivity index (χ0) is 31.5. The molecule has 10 heteroatoms. The Morgan fingerprint density at radius 2 is 1.93 bits per heavy atom. The van der Waals surface area contributed by atoms with E-state index < -0.39 is 30.1 Å². The lowest BCUT2D eigenvalue weighted by Gasteiger charge is -2.41. The van der Waals surface area contributed by atoms with Crippen LogP contribution in [0.25, 0.3) is 10.9 Å². The first-order chi connectivity index (χ1) is 21.9. The van der Waals surface area contributed by atoms with Gasteiger partial charge in [-0.25, -0.2) is 0 Å². The van der Waals surface area contributed by atoms with Gasteiger partial charge in [-0.3, -0.25) is 9.59 Å². The Hall–Kier alpha value is -3.86. The highest BCUT2D eigenvalue weighted by Gasteiger charge is 2.51. The third-order valence-corrected chi connectivity index (χ3v) is 9.62. The normalized spacial score (nSPS) is 22.4. The van der Waals surface area contributed by atoms with Gasteiger partial charge in [0.15, 0.2) is 11.5 Å². The Kier molecular flexibility index (Phi) is 9.44. The van der Waals surface area contributed by atoms with Gasteiger partial charge < -0.3 is 40.0 Å². The molecule has 5 N–H and O–H groups in total. The van der Waals surface area contributed by atoms with E-state index >= 15 is 0 Å². The molecule has 240 valence electrons. The fraction of sp³-hybridized carbons (Fsp3) is 0.486. The third kappa shape index (κ3) is 6.32. The molecule has 2 aliphatic carbocycles. The molecule has 2 heterocycles. The number of hydrogen-bond acceptors (Lipinski definition) is 7. The highest BCUT2D eigenvalue weighted by molar-refractivity contribution is 5.96. The molecule has 10 nitrogen and oxygen atoms in total. The summed E-state index contributed by atoms with van der Waals surface area (Å²) in [5, 5.41) is 35.1. The van der Waals surface area contributed by atoms with Gasteiger partial charge in [-0.2, -0.15) is 0 Å². The van der Waals surface area contributed by atoms with Gasteiger partial charge in [0.05, 0.1) is 32.3 Å². The van der Waals surface area contributed by atoms with E-state index in [1.807, 2.05) is 24.3 Å². The van der Waals surface area contributed by atoms with Gasteiger partial charge >= 0.3 is 0 Å². The number of methoxy groups -OCH3 is 1. The largest absolute Gasteiger partial charge is 0.493 e. The SMILES string of the molecule is COc1cc(CO)cc2c1O[C@@H]1[C@@H](O)[C@H](N(CCc3cc4ccccc4[nH]3)C(=O)CCC3CCCC3)C=C(C(=O)NCCO)[C@H]21. The van der Waals surface area contributed by atoms with Crippen molar-refractivity contribution >= 4 is 22.7 Å². The second-order valence-electron chi connectivity index (χ2n) is 12.4. The van der Waals surface area contributed by atoms with Crippen LogP contribution >= 0.6 is 0 Å². The van der Waals surface area contributed by atoms with Crippen molar-refractivity contribution in [1.82, 2.24) is 15.2 Å². The molecular formula is C35H43N3O7. The number of nitrogens with one attached hydrogen (secondary N) is 2. The van der Waals surface area contributed by atoms with Crippen LogP contribution in [0.4, 0.5) is 0 Å². The Bertz CT molecular complexity index is 1530. The molecule has 2 amide bonds. The van der Waals surface area contributed by atoms with Crippen LogP contribution in [0, 0.1) is 5.92 Å². The highest BCUT2D eigenvalue weighted by Crippen LogP contribution is 2.51. The maximum absolute atomic E-state index is 14.0. The number of aliphatic hydroxyl groups is 3. The van der Waals surface area contributed by atoms with Gasteiger partial charge in [0.2, 0.25) is 11.8 Å². The minimum absolute atomic E-state index is 0.0545. The van der Waals surface area contributed by atoms with Crippen LogP contribution in [0.1, 0.15) is 61.3 Å². The van der Waals surface area contributed by atoms with Crippen LogP contribution in [0.3, 0.4) is 0 Å². The van der Waals surface area contributed by atoms with Gasteiger partial charge in [-0.15, -0.1) is 0 Å². The lowest BCUT2D eigenvalue weighted by atomic mass is 9.77. The van der Waals surface area contributed by atoms with Crippen LogP contribution < -0.4 is 14.8 Å². The molecule has 0 radical (unpaired) electrons. The summed E-state index contributed by atoms with van der Waals surface area (Å²) >= 11 is 0. The van der Waals surface area contributed by atoms with Gasteiger partial charge in [-0.1, -0.05) is 43.9 Å². The summed E-state index contributed by atoms with van der Waals surface area (Å²) in [5.74, 6) is 0.198. The molecule has 1 fully saturated rings. The lowest BCUT2D eigenvalue weighted by molar-refractivity contribution is -0.137. The second-order valence-corrected chi connectivity index (χ2v) is 12.4. The van der Waals surface area contributed by atoms with Crippen molar-refractivity contribution in [3.8, 4) is 11.5 Å². The van der Waals surface area contributed by atoms with E-state index in [2.05, 4.69) is 16.4 Å². The van der Waals surface area contributed by atoms with E-state index in [0.717, 1.165) is 35.9 Å². The number of carbonyl (C=O) groups is 2. The molecule has 1 aliphatic heterocycles. The van der Waals surface area contributed by atoms with Crippen molar-refractivity contribution in [2.45, 2.75) is 75.7 Å². The number of fused-ring (bicyclic) bond motifs is 4. The van der Waals surface area contributed by atoms with Gasteiger partial charge in [0.25, 0.3) is 0 Å². The van der Waals surface area contributed by atoms with Crippen molar-refractivity contribution in [2.75, 3.05) is 26.8 Å². The maximum Gasteiger partial charge on any atom is 0.247 e. The standard InChI is InChI=1S/C35H43N3O7/c1-44-29-17-22(20-40)16-25-31-26(35(43)36-13-15-39)19-28(32(42)34(31)45-33(25)29)38(30(41)11-10-21-6-2-3-7-21)14-12-24-18-23-8-4-5-9-27(23)37-24/h4-5,8-9,16-19,21,28,31-32,34,37,39-40,42H,2-3,6-7,10-15,20H2,1H3,(H,36,43)/t28-,31+,32+,34+/m1/s1. The molecule has 45 heavy (non-hydrogen) atoms. The number of amides is 2. The van der Waals surface area contributed by atoms with Crippen molar-refractivity contribution in [2.24, 2.45) is 5.92 Å². The van der Waals surface area contributed by atoms with Gasteiger partial charge in [-0.05, 0) is 53.6 Å². The molecule has 0 bridgehead atoms. The Labute approximate surface area is 263 Å². The van der Waals surface area contributed by atoms with Crippen LogP contribution in [-0.2, 0) is 22.6 Å². The molecule has 1 saturated carbocycles. The molecule has 6 rings (SSSR count). The zero-order valence-corrected chi connectivity index (χ0v) is 25.7. The number of carbonyl (C=O) groups excluding carboxylic acids is 2. The zero-order valence-electron chi connectivity index (χ0n) is 25.7. The number of nitrogens with zero attached hydrogens (tertiary/aromatic N) is 1. The van der Waals surface area contributed by atoms with E-state index in [-0.39, 0.29) is 25.7 Å². The number of ether oxygens (including phenoxy) is 2. The van der Waals surface area contributed by atoms with Crippen molar-refractivity contribution in [3.05, 3.63) is 70.9 Å². The summed E-state index contributed by atoms with van der Waals surface area (Å²) in [6.07, 6.45) is 6.06. The van der Waals surface area contributed by atoms with Gasteiger partial charge in [0.1, 0.15) is 12.2 Å². The van der Waals surface area contributed by atoms with E-state index in [9.17, 15) is 24.9 Å². The molecule has 3 aromatic rings. The fourth-order valence-corrected chi connectivity index (χ4v) is 7.34. The number of benzene rings is 2. The van der Waals surface area contributed by atoms with Crippen molar-refractivity contribution in [1.29, 1.82) is 0 Å². The smallest absolute Gasteiger partial charge is 0.247 e. The average Bonchev–Trinajstić information content (AvgIpc) is 3.82. The monoisotopic (exact) mass is 617 g/mol. The third-order valence-electron chi connectivity index (χ3n) is 9.62. The Morgan fingerprint density at radius 1 is 1.13 bits per heavy atom. The fourth-order valence-electron chi connectivity index (χ4n) is 7.34. The number of aliphatic hydroxyl groups excluding tert-OH is 3. The summed E-state index contributed by atoms with van der Waals surface area (Å²) in [7, 11) is 1.50.